The van der Waals surface area contributed by atoms with Gasteiger partial charge < -0.3 is 20.5 Å². The van der Waals surface area contributed by atoms with Crippen LogP contribution in [0.25, 0.3) is 0 Å². The lowest BCUT2D eigenvalue weighted by Gasteiger charge is -2.17. The number of esters is 1. The van der Waals surface area contributed by atoms with E-state index in [1.807, 2.05) is 21.6 Å². The largest absolute Gasteiger partial charge is 0.507 e. The van der Waals surface area contributed by atoms with E-state index in [1.54, 1.807) is 12.1 Å². The molecule has 0 radical (unpaired) electrons. The molecule has 0 spiro atoms. The predicted molar refractivity (Wildman–Crippen MR) is 125 cm³/mol. The highest BCUT2D eigenvalue weighted by Crippen LogP contribution is 2.39. The minimum absolute atomic E-state index is 0.0609. The summed E-state index contributed by atoms with van der Waals surface area (Å²) in [5.74, 6) is 0.0893. The lowest BCUT2D eigenvalue weighted by atomic mass is 10.1. The molecule has 2 atom stereocenters. The Balaban J connectivity index is 1.62. The van der Waals surface area contributed by atoms with Gasteiger partial charge in [0.2, 0.25) is 5.91 Å². The van der Waals surface area contributed by atoms with Crippen LogP contribution in [-0.2, 0) is 14.3 Å². The van der Waals surface area contributed by atoms with Crippen molar-refractivity contribution in [2.24, 2.45) is 0 Å². The molecule has 2 unspecified atom stereocenters. The number of carbonyl (C=O) groups is 3. The molecule has 0 aliphatic carbocycles. The monoisotopic (exact) mass is 468 g/mol. The number of nitrogens with one attached hydrogen (secondary N) is 2. The zero-order valence-electron chi connectivity index (χ0n) is 17.9. The number of rotatable bonds is 13. The van der Waals surface area contributed by atoms with Gasteiger partial charge in [0.1, 0.15) is 11.8 Å². The normalized spacial score (nSPS) is 16.5. The van der Waals surface area contributed by atoms with Crippen LogP contribution in [0.1, 0.15) is 61.7 Å². The maximum absolute atomic E-state index is 12.3. The van der Waals surface area contributed by atoms with E-state index in [9.17, 15) is 19.5 Å². The minimum atomic E-state index is -0.806. The van der Waals surface area contributed by atoms with Crippen LogP contribution in [0.3, 0.4) is 0 Å². The Bertz CT molecular complexity index is 726. The number of methoxy groups -OCH3 is 1. The molecule has 2 rings (SSSR count). The van der Waals surface area contributed by atoms with Gasteiger partial charge in [-0.25, -0.2) is 4.79 Å². The Kier molecular flexibility index (Phi) is 11.7. The Morgan fingerprint density at radius 2 is 2.00 bits per heavy atom. The van der Waals surface area contributed by atoms with Gasteiger partial charge in [0.15, 0.2) is 0 Å². The van der Waals surface area contributed by atoms with E-state index in [1.165, 1.54) is 37.8 Å². The third kappa shape index (κ3) is 9.43. The Labute approximate surface area is 191 Å². The molecule has 7 nitrogen and oxygen atoms in total. The second-order valence-corrected chi connectivity index (χ2v) is 10.3. The second kappa shape index (κ2) is 14.2. The molecule has 9 heteroatoms. The second-order valence-electron chi connectivity index (χ2n) is 7.49. The first kappa shape index (κ1) is 25.4. The molecule has 1 fully saturated rings. The van der Waals surface area contributed by atoms with Crippen molar-refractivity contribution in [3.05, 3.63) is 29.8 Å². The smallest absolute Gasteiger partial charge is 0.328 e. The maximum Gasteiger partial charge on any atom is 0.328 e. The molecule has 31 heavy (non-hydrogen) atoms. The van der Waals surface area contributed by atoms with E-state index in [0.29, 0.717) is 32.2 Å². The quantitative estimate of drug-likeness (QED) is 0.230. The van der Waals surface area contributed by atoms with Gasteiger partial charge in [0.25, 0.3) is 5.91 Å². The third-order valence-electron chi connectivity index (χ3n) is 5.09. The fourth-order valence-corrected chi connectivity index (χ4v) is 6.33. The number of para-hydroxylation sites is 1. The minimum Gasteiger partial charge on any atom is -0.507 e. The van der Waals surface area contributed by atoms with Gasteiger partial charge in [0, 0.05) is 24.0 Å². The number of hydrogen-bond donors (Lipinski definition) is 3. The summed E-state index contributed by atoms with van der Waals surface area (Å²) in [6.07, 6.45) is 6.73. The fraction of sp³-hybridized carbons (Fsp3) is 0.591. The summed E-state index contributed by atoms with van der Waals surface area (Å²) in [5.41, 5.74) is 0.106. The summed E-state index contributed by atoms with van der Waals surface area (Å²) in [6.45, 7) is 0.537. The van der Waals surface area contributed by atoms with Crippen LogP contribution in [0.5, 0.6) is 5.75 Å². The van der Waals surface area contributed by atoms with Crippen molar-refractivity contribution in [3.8, 4) is 5.75 Å². The zero-order valence-corrected chi connectivity index (χ0v) is 19.6. The van der Waals surface area contributed by atoms with E-state index in [2.05, 4.69) is 10.6 Å². The van der Waals surface area contributed by atoms with E-state index in [-0.39, 0.29) is 17.2 Å². The molecule has 0 saturated carbocycles. The standard InChI is InChI=1S/C22H32N2O5S2/c1-29-22(28)18(24-21(27)17-9-3-4-11-19(17)25)10-6-7-14-23-20(26)12-5-2-8-16-13-15-30-31-16/h3-4,9,11,16,18,25H,2,5-8,10,12-15H2,1H3,(H,23,26)(H,24,27). The number of amides is 2. The number of unbranched alkanes of at least 4 members (excludes halogenated alkanes) is 2. The van der Waals surface area contributed by atoms with Crippen LogP contribution in [0, 0.1) is 0 Å². The van der Waals surface area contributed by atoms with E-state index < -0.39 is 17.9 Å². The van der Waals surface area contributed by atoms with Gasteiger partial charge in [-0.3, -0.25) is 9.59 Å². The van der Waals surface area contributed by atoms with Crippen LogP contribution in [-0.4, -0.2) is 53.6 Å². The molecule has 0 bridgehead atoms. The molecule has 1 heterocycles. The van der Waals surface area contributed by atoms with E-state index in [0.717, 1.165) is 18.1 Å². The third-order valence-corrected chi connectivity index (χ3v) is 8.10. The summed E-state index contributed by atoms with van der Waals surface area (Å²) in [5, 5.41) is 16.1. The van der Waals surface area contributed by atoms with E-state index >= 15 is 0 Å². The van der Waals surface area contributed by atoms with Crippen molar-refractivity contribution < 1.29 is 24.2 Å². The highest BCUT2D eigenvalue weighted by Gasteiger charge is 2.23. The van der Waals surface area contributed by atoms with Gasteiger partial charge in [0.05, 0.1) is 12.7 Å². The van der Waals surface area contributed by atoms with Crippen molar-refractivity contribution in [3.63, 3.8) is 0 Å². The topological polar surface area (TPSA) is 105 Å². The average molecular weight is 469 g/mol. The highest BCUT2D eigenvalue weighted by molar-refractivity contribution is 8.77. The van der Waals surface area contributed by atoms with Gasteiger partial charge in [-0.05, 0) is 50.7 Å². The van der Waals surface area contributed by atoms with Gasteiger partial charge in [-0.15, -0.1) is 0 Å². The molecule has 3 N–H and O–H groups in total. The Morgan fingerprint density at radius 3 is 2.71 bits per heavy atom. The molecule has 2 amide bonds. The molecular weight excluding hydrogens is 436 g/mol. The first-order valence-electron chi connectivity index (χ1n) is 10.7. The summed E-state index contributed by atoms with van der Waals surface area (Å²) in [4.78, 5) is 36.3. The summed E-state index contributed by atoms with van der Waals surface area (Å²) in [7, 11) is 5.19. The molecule has 172 valence electrons. The molecule has 1 aliphatic heterocycles. The molecule has 1 aromatic rings. The number of ether oxygens (including phenoxy) is 1. The fourth-order valence-electron chi connectivity index (χ4n) is 3.30. The number of aromatic hydroxyl groups is 1. The van der Waals surface area contributed by atoms with Crippen molar-refractivity contribution in [1.82, 2.24) is 10.6 Å². The molecule has 1 saturated heterocycles. The van der Waals surface area contributed by atoms with Gasteiger partial charge in [-0.2, -0.15) is 0 Å². The molecule has 0 aromatic heterocycles. The lowest BCUT2D eigenvalue weighted by Crippen LogP contribution is -2.41. The lowest BCUT2D eigenvalue weighted by molar-refractivity contribution is -0.143. The van der Waals surface area contributed by atoms with Crippen LogP contribution in [0.15, 0.2) is 24.3 Å². The Hall–Kier alpha value is -1.87. The van der Waals surface area contributed by atoms with Crippen molar-refractivity contribution >= 4 is 39.4 Å². The Morgan fingerprint density at radius 1 is 1.19 bits per heavy atom. The predicted octanol–water partition coefficient (Wildman–Crippen LogP) is 3.66. The van der Waals surface area contributed by atoms with Gasteiger partial charge >= 0.3 is 5.97 Å². The zero-order chi connectivity index (χ0) is 22.5. The number of carbonyl (C=O) groups excluding carboxylic acids is 3. The summed E-state index contributed by atoms with van der Waals surface area (Å²) >= 11 is 0. The first-order chi connectivity index (χ1) is 15.0. The number of phenols is 1. The number of phenolic OH excluding ortho intramolecular Hbond substituents is 1. The summed E-state index contributed by atoms with van der Waals surface area (Å²) < 4.78 is 4.78. The van der Waals surface area contributed by atoms with Crippen molar-refractivity contribution in [2.45, 2.75) is 62.7 Å². The van der Waals surface area contributed by atoms with Crippen LogP contribution in [0.4, 0.5) is 0 Å². The van der Waals surface area contributed by atoms with E-state index in [4.69, 9.17) is 4.74 Å². The van der Waals surface area contributed by atoms with Crippen LogP contribution in [0.2, 0.25) is 0 Å². The average Bonchev–Trinajstić information content (AvgIpc) is 3.29. The SMILES string of the molecule is COC(=O)C(CCCCNC(=O)CCCCC1CCSS1)NC(=O)c1ccccc1O. The highest BCUT2D eigenvalue weighted by atomic mass is 33.1. The maximum atomic E-state index is 12.3. The van der Waals surface area contributed by atoms with Crippen molar-refractivity contribution in [1.29, 1.82) is 0 Å². The van der Waals surface area contributed by atoms with Crippen LogP contribution >= 0.6 is 21.6 Å². The van der Waals surface area contributed by atoms with Crippen LogP contribution < -0.4 is 10.6 Å². The number of hydrogen-bond acceptors (Lipinski definition) is 7. The van der Waals surface area contributed by atoms with Crippen molar-refractivity contribution in [2.75, 3.05) is 19.4 Å². The first-order valence-corrected chi connectivity index (χ1v) is 13.1. The van der Waals surface area contributed by atoms with Gasteiger partial charge in [-0.1, -0.05) is 40.1 Å². The molecular formula is C22H32N2O5S2. The molecule has 1 aromatic carbocycles. The molecule has 1 aliphatic rings. The summed E-state index contributed by atoms with van der Waals surface area (Å²) in [6, 6.07) is 5.35. The number of benzene rings is 1.